The van der Waals surface area contributed by atoms with E-state index in [0.717, 1.165) is 6.42 Å². The number of nitrogens with one attached hydrogen (secondary N) is 1. The number of methoxy groups -OCH3 is 2. The summed E-state index contributed by atoms with van der Waals surface area (Å²) in [5, 5.41) is 9.03. The molecule has 112 valence electrons. The summed E-state index contributed by atoms with van der Waals surface area (Å²) in [6.07, 6.45) is 2.19. The Kier molecular flexibility index (Phi) is 5.17. The molecular weight excluding hydrogens is 265 g/mol. The summed E-state index contributed by atoms with van der Waals surface area (Å²) < 4.78 is 29.8. The highest BCUT2D eigenvalue weighted by Gasteiger charge is 2.30. The van der Waals surface area contributed by atoms with Gasteiger partial charge in [0.05, 0.1) is 12.2 Å². The summed E-state index contributed by atoms with van der Waals surface area (Å²) in [5.74, 6) is -0.134. The Hall–Kier alpha value is -1.37. The molecule has 3 atom stereocenters. The lowest BCUT2D eigenvalue weighted by Crippen LogP contribution is -2.38. The van der Waals surface area contributed by atoms with Crippen LogP contribution in [0.5, 0.6) is 5.75 Å². The van der Waals surface area contributed by atoms with Crippen LogP contribution in [0.1, 0.15) is 19.3 Å². The molecule has 1 aliphatic carbocycles. The van der Waals surface area contributed by atoms with Crippen molar-refractivity contribution in [1.29, 1.82) is 0 Å². The predicted molar refractivity (Wildman–Crippen MR) is 71.7 cm³/mol. The summed E-state index contributed by atoms with van der Waals surface area (Å²) in [5.41, 5.74) is 2.34. The molecule has 0 radical (unpaired) electrons. The second-order valence-corrected chi connectivity index (χ2v) is 4.91. The molecule has 1 fully saturated rings. The van der Waals surface area contributed by atoms with Gasteiger partial charge in [-0.15, -0.1) is 0 Å². The van der Waals surface area contributed by atoms with E-state index in [9.17, 15) is 4.39 Å². The second-order valence-electron chi connectivity index (χ2n) is 4.91. The Labute approximate surface area is 117 Å². The van der Waals surface area contributed by atoms with Gasteiger partial charge in [-0.2, -0.15) is 0 Å². The average Bonchev–Trinajstić information content (AvgIpc) is 2.47. The molecule has 0 aliphatic heterocycles. The zero-order chi connectivity index (χ0) is 14.5. The zero-order valence-corrected chi connectivity index (χ0v) is 11.6. The SMILES string of the molecule is CO[C@@H]1CC(Oc2cc(F)ccc2NO)C[C@H](OC)C1. The molecule has 5 nitrogen and oxygen atoms in total. The molecule has 6 heteroatoms. The first-order valence-corrected chi connectivity index (χ1v) is 6.58. The minimum atomic E-state index is -0.415. The zero-order valence-electron chi connectivity index (χ0n) is 11.6. The van der Waals surface area contributed by atoms with Crippen LogP contribution < -0.4 is 10.2 Å². The van der Waals surface area contributed by atoms with E-state index in [0.29, 0.717) is 18.5 Å². The minimum absolute atomic E-state index is 0.0535. The van der Waals surface area contributed by atoms with Crippen molar-refractivity contribution in [1.82, 2.24) is 0 Å². The van der Waals surface area contributed by atoms with Gasteiger partial charge in [-0.3, -0.25) is 10.7 Å². The van der Waals surface area contributed by atoms with E-state index in [1.54, 1.807) is 14.2 Å². The highest BCUT2D eigenvalue weighted by atomic mass is 19.1. The summed E-state index contributed by atoms with van der Waals surface area (Å²) in [4.78, 5) is 0. The van der Waals surface area contributed by atoms with Crippen molar-refractivity contribution >= 4 is 5.69 Å². The van der Waals surface area contributed by atoms with Gasteiger partial charge in [-0.1, -0.05) is 0 Å². The number of halogens is 1. The van der Waals surface area contributed by atoms with Gasteiger partial charge < -0.3 is 14.2 Å². The standard InChI is InChI=1S/C14H20FNO4/c1-18-10-6-11(19-2)8-12(7-10)20-14-5-9(15)3-4-13(14)16-17/h3-5,10-12,16-17H,6-8H2,1-2H3/t10-,11+,12?. The summed E-state index contributed by atoms with van der Waals surface area (Å²) in [6.45, 7) is 0. The topological polar surface area (TPSA) is 60.0 Å². The number of hydrogen-bond donors (Lipinski definition) is 2. The van der Waals surface area contributed by atoms with Crippen LogP contribution in [0.15, 0.2) is 18.2 Å². The van der Waals surface area contributed by atoms with Crippen LogP contribution in [0.25, 0.3) is 0 Å². The molecule has 1 aromatic rings. The van der Waals surface area contributed by atoms with E-state index >= 15 is 0 Å². The molecule has 20 heavy (non-hydrogen) atoms. The fourth-order valence-corrected chi connectivity index (χ4v) is 2.52. The van der Waals surface area contributed by atoms with E-state index in [1.165, 1.54) is 18.2 Å². The third-order valence-corrected chi connectivity index (χ3v) is 3.60. The Balaban J connectivity index is 2.10. The van der Waals surface area contributed by atoms with Crippen LogP contribution in [0.4, 0.5) is 10.1 Å². The highest BCUT2D eigenvalue weighted by molar-refractivity contribution is 5.54. The molecule has 0 amide bonds. The number of ether oxygens (including phenoxy) is 3. The van der Waals surface area contributed by atoms with Gasteiger partial charge in [0.15, 0.2) is 0 Å². The van der Waals surface area contributed by atoms with E-state index in [2.05, 4.69) is 0 Å². The van der Waals surface area contributed by atoms with Crippen molar-refractivity contribution in [2.45, 2.75) is 37.6 Å². The van der Waals surface area contributed by atoms with Gasteiger partial charge in [0, 0.05) is 39.5 Å². The lowest BCUT2D eigenvalue weighted by atomic mass is 9.92. The summed E-state index contributed by atoms with van der Waals surface area (Å²) in [7, 11) is 3.31. The van der Waals surface area contributed by atoms with Crippen molar-refractivity contribution in [3.8, 4) is 5.75 Å². The van der Waals surface area contributed by atoms with Crippen LogP contribution in [0.2, 0.25) is 0 Å². The van der Waals surface area contributed by atoms with Crippen LogP contribution in [-0.4, -0.2) is 37.7 Å². The average molecular weight is 285 g/mol. The van der Waals surface area contributed by atoms with Gasteiger partial charge in [0.1, 0.15) is 23.4 Å². The molecule has 0 spiro atoms. The van der Waals surface area contributed by atoms with Crippen molar-refractivity contribution in [3.63, 3.8) is 0 Å². The third-order valence-electron chi connectivity index (χ3n) is 3.60. The van der Waals surface area contributed by atoms with Crippen LogP contribution in [0.3, 0.4) is 0 Å². The molecule has 2 N–H and O–H groups in total. The molecule has 0 heterocycles. The molecule has 1 aromatic carbocycles. The molecule has 0 bridgehead atoms. The van der Waals surface area contributed by atoms with Gasteiger partial charge in [-0.25, -0.2) is 4.39 Å². The normalized spacial score (nSPS) is 26.3. The van der Waals surface area contributed by atoms with E-state index in [4.69, 9.17) is 19.4 Å². The summed E-state index contributed by atoms with van der Waals surface area (Å²) in [6, 6.07) is 3.92. The molecule has 2 rings (SSSR count). The smallest absolute Gasteiger partial charge is 0.148 e. The Morgan fingerprint density at radius 3 is 2.25 bits per heavy atom. The van der Waals surface area contributed by atoms with Crippen molar-refractivity contribution < 1.29 is 23.8 Å². The molecular formula is C14H20FNO4. The van der Waals surface area contributed by atoms with E-state index < -0.39 is 5.82 Å². The second kappa shape index (κ2) is 6.88. The lowest BCUT2D eigenvalue weighted by molar-refractivity contribution is -0.0499. The summed E-state index contributed by atoms with van der Waals surface area (Å²) >= 11 is 0. The first-order valence-electron chi connectivity index (χ1n) is 6.58. The fraction of sp³-hybridized carbons (Fsp3) is 0.571. The number of hydrogen-bond acceptors (Lipinski definition) is 5. The molecule has 0 aromatic heterocycles. The molecule has 1 aliphatic rings. The largest absolute Gasteiger partial charge is 0.488 e. The maximum Gasteiger partial charge on any atom is 0.148 e. The Morgan fingerprint density at radius 2 is 1.70 bits per heavy atom. The predicted octanol–water partition coefficient (Wildman–Crippen LogP) is 2.59. The Morgan fingerprint density at radius 1 is 1.10 bits per heavy atom. The van der Waals surface area contributed by atoms with Gasteiger partial charge in [-0.05, 0) is 12.1 Å². The highest BCUT2D eigenvalue weighted by Crippen LogP contribution is 2.31. The van der Waals surface area contributed by atoms with E-state index in [1.807, 2.05) is 5.48 Å². The maximum absolute atomic E-state index is 13.3. The lowest BCUT2D eigenvalue weighted by Gasteiger charge is -2.33. The minimum Gasteiger partial charge on any atom is -0.488 e. The Bertz CT molecular complexity index is 431. The first kappa shape index (κ1) is 15.0. The van der Waals surface area contributed by atoms with Crippen molar-refractivity contribution in [2.24, 2.45) is 0 Å². The third kappa shape index (κ3) is 3.59. The maximum atomic E-state index is 13.3. The molecule has 1 saturated carbocycles. The monoisotopic (exact) mass is 285 g/mol. The van der Waals surface area contributed by atoms with Crippen LogP contribution in [0, 0.1) is 5.82 Å². The fourth-order valence-electron chi connectivity index (χ4n) is 2.52. The van der Waals surface area contributed by atoms with Crippen molar-refractivity contribution in [3.05, 3.63) is 24.0 Å². The van der Waals surface area contributed by atoms with Gasteiger partial charge in [0.25, 0.3) is 0 Å². The molecule has 0 saturated heterocycles. The number of rotatable bonds is 5. The first-order chi connectivity index (χ1) is 9.66. The van der Waals surface area contributed by atoms with Gasteiger partial charge >= 0.3 is 0 Å². The quantitative estimate of drug-likeness (QED) is 0.814. The van der Waals surface area contributed by atoms with Crippen LogP contribution in [-0.2, 0) is 9.47 Å². The number of anilines is 1. The van der Waals surface area contributed by atoms with Crippen LogP contribution >= 0.6 is 0 Å². The van der Waals surface area contributed by atoms with Gasteiger partial charge in [0.2, 0.25) is 0 Å². The molecule has 1 unspecified atom stereocenters. The van der Waals surface area contributed by atoms with E-state index in [-0.39, 0.29) is 24.1 Å². The number of benzene rings is 1. The van der Waals surface area contributed by atoms with Crippen molar-refractivity contribution in [2.75, 3.05) is 19.7 Å².